The number of rotatable bonds is 12. The van der Waals surface area contributed by atoms with E-state index in [1.165, 1.54) is 29.8 Å². The van der Waals surface area contributed by atoms with Gasteiger partial charge in [0.25, 0.3) is 0 Å². The Hall–Kier alpha value is -5.22. The van der Waals surface area contributed by atoms with Crippen LogP contribution in [0.2, 0.25) is 0 Å². The van der Waals surface area contributed by atoms with Crippen LogP contribution in [-0.2, 0) is 16.1 Å². The number of benzene rings is 2. The Morgan fingerprint density at radius 2 is 1.76 bits per heavy atom. The molecule has 0 unspecified atom stereocenters. The highest BCUT2D eigenvalue weighted by molar-refractivity contribution is 5.92. The molecule has 1 aliphatic heterocycles. The zero-order chi connectivity index (χ0) is 36.1. The topological polar surface area (TPSA) is 119 Å². The standard InChI is InChI=1S/C35H35F5N8O3/c1-21(49)43-31-15-23(7-10-41-31)44-33-26(22-8-11-47(12-9-22)20-35(38,39)40)18-42-34(45-33)32-25-5-3-4-6-30(25)48(46-32)19-27-28(36)16-24(17-29(27)37)51-14-13-50-2/h3-7,10,15-18,22H,8-9,11-14,19-20H2,1-2H3,(H2,41,42,43,44,45,49). The fourth-order valence-corrected chi connectivity index (χ4v) is 6.07. The van der Waals surface area contributed by atoms with Crippen LogP contribution in [0.15, 0.2) is 60.9 Å². The third-order valence-corrected chi connectivity index (χ3v) is 8.42. The number of halogens is 5. The third kappa shape index (κ3) is 8.75. The number of anilines is 3. The van der Waals surface area contributed by atoms with Crippen molar-refractivity contribution >= 4 is 34.1 Å². The van der Waals surface area contributed by atoms with Gasteiger partial charge in [-0.2, -0.15) is 18.3 Å². The molecule has 3 aromatic heterocycles. The fourth-order valence-electron chi connectivity index (χ4n) is 6.07. The lowest BCUT2D eigenvalue weighted by Gasteiger charge is -2.33. The Balaban J connectivity index is 1.35. The highest BCUT2D eigenvalue weighted by atomic mass is 19.4. The first-order valence-electron chi connectivity index (χ1n) is 16.2. The van der Waals surface area contributed by atoms with E-state index in [0.29, 0.717) is 52.3 Å². The van der Waals surface area contributed by atoms with Gasteiger partial charge in [-0.05, 0) is 44.0 Å². The summed E-state index contributed by atoms with van der Waals surface area (Å²) in [5.74, 6) is -1.09. The van der Waals surface area contributed by atoms with Crippen LogP contribution >= 0.6 is 0 Å². The Bertz CT molecular complexity index is 1990. The molecule has 0 aliphatic carbocycles. The van der Waals surface area contributed by atoms with Crippen LogP contribution in [0, 0.1) is 11.6 Å². The summed E-state index contributed by atoms with van der Waals surface area (Å²) in [6, 6.07) is 12.7. The van der Waals surface area contributed by atoms with E-state index in [2.05, 4.69) is 20.6 Å². The summed E-state index contributed by atoms with van der Waals surface area (Å²) >= 11 is 0. The largest absolute Gasteiger partial charge is 0.491 e. The van der Waals surface area contributed by atoms with Gasteiger partial charge < -0.3 is 20.1 Å². The number of ether oxygens (including phenoxy) is 2. The summed E-state index contributed by atoms with van der Waals surface area (Å²) < 4.78 is 81.4. The van der Waals surface area contributed by atoms with E-state index >= 15 is 8.78 Å². The molecule has 268 valence electrons. The average molecular weight is 711 g/mol. The monoisotopic (exact) mass is 710 g/mol. The molecule has 0 bridgehead atoms. The molecular formula is C35H35F5N8O3. The quantitative estimate of drug-likeness (QED) is 0.108. The molecule has 0 radical (unpaired) electrons. The number of aromatic nitrogens is 5. The van der Waals surface area contributed by atoms with Gasteiger partial charge in [-0.15, -0.1) is 0 Å². The van der Waals surface area contributed by atoms with E-state index in [1.807, 2.05) is 0 Å². The Morgan fingerprint density at radius 1 is 1.02 bits per heavy atom. The van der Waals surface area contributed by atoms with E-state index in [9.17, 15) is 18.0 Å². The van der Waals surface area contributed by atoms with Crippen LogP contribution < -0.4 is 15.4 Å². The number of nitrogens with one attached hydrogen (secondary N) is 2. The Kier molecular flexibility index (Phi) is 10.7. The molecule has 1 saturated heterocycles. The van der Waals surface area contributed by atoms with Gasteiger partial charge in [0, 0.05) is 66.8 Å². The highest BCUT2D eigenvalue weighted by Crippen LogP contribution is 2.36. The van der Waals surface area contributed by atoms with Crippen molar-refractivity contribution in [1.29, 1.82) is 0 Å². The minimum Gasteiger partial charge on any atom is -0.491 e. The van der Waals surface area contributed by atoms with Crippen molar-refractivity contribution in [1.82, 2.24) is 29.6 Å². The third-order valence-electron chi connectivity index (χ3n) is 8.42. The number of para-hydroxylation sites is 1. The summed E-state index contributed by atoms with van der Waals surface area (Å²) in [6.07, 6.45) is -0.239. The summed E-state index contributed by atoms with van der Waals surface area (Å²) in [5.41, 5.74) is 1.97. The normalized spacial score (nSPS) is 14.2. The number of piperidine rings is 1. The molecular weight excluding hydrogens is 675 g/mol. The minimum atomic E-state index is -4.29. The van der Waals surface area contributed by atoms with Crippen molar-refractivity contribution in [2.45, 2.75) is 38.4 Å². The van der Waals surface area contributed by atoms with Crippen molar-refractivity contribution in [3.63, 3.8) is 0 Å². The molecule has 5 aromatic rings. The molecule has 0 spiro atoms. The molecule has 51 heavy (non-hydrogen) atoms. The number of hydrogen-bond donors (Lipinski definition) is 2. The van der Waals surface area contributed by atoms with Gasteiger partial charge in [0.1, 0.15) is 41.3 Å². The lowest BCUT2D eigenvalue weighted by Crippen LogP contribution is -2.39. The predicted molar refractivity (Wildman–Crippen MR) is 180 cm³/mol. The molecule has 1 amide bonds. The van der Waals surface area contributed by atoms with Crippen LogP contribution in [0.3, 0.4) is 0 Å². The number of nitrogens with zero attached hydrogens (tertiary/aromatic N) is 6. The number of fused-ring (bicyclic) bond motifs is 1. The van der Waals surface area contributed by atoms with E-state index in [-0.39, 0.29) is 61.8 Å². The molecule has 0 atom stereocenters. The van der Waals surface area contributed by atoms with Gasteiger partial charge in [0.2, 0.25) is 5.91 Å². The van der Waals surface area contributed by atoms with Gasteiger partial charge in [0.05, 0.1) is 25.2 Å². The van der Waals surface area contributed by atoms with Crippen molar-refractivity contribution < 1.29 is 36.2 Å². The van der Waals surface area contributed by atoms with E-state index < -0.39 is 24.4 Å². The van der Waals surface area contributed by atoms with Crippen molar-refractivity contribution in [3.05, 3.63) is 83.7 Å². The molecule has 1 fully saturated rings. The number of likely N-dealkylation sites (tertiary alicyclic amines) is 1. The number of pyridine rings is 1. The van der Waals surface area contributed by atoms with E-state index in [0.717, 1.165) is 12.1 Å². The first kappa shape index (κ1) is 35.6. The van der Waals surface area contributed by atoms with Crippen LogP contribution in [0.4, 0.5) is 39.3 Å². The number of amides is 1. The Morgan fingerprint density at radius 3 is 2.47 bits per heavy atom. The second kappa shape index (κ2) is 15.3. The summed E-state index contributed by atoms with van der Waals surface area (Å²) in [7, 11) is 1.49. The molecule has 11 nitrogen and oxygen atoms in total. The SMILES string of the molecule is COCCOc1cc(F)c(Cn2nc(-c3ncc(C4CCN(CC(F)(F)F)CC4)c(Nc4ccnc(NC(C)=O)c4)n3)c3ccccc32)c(F)c1. The zero-order valence-electron chi connectivity index (χ0n) is 27.8. The van der Waals surface area contributed by atoms with Gasteiger partial charge in [-0.1, -0.05) is 18.2 Å². The second-order valence-electron chi connectivity index (χ2n) is 12.1. The Labute approximate surface area is 289 Å². The summed E-state index contributed by atoms with van der Waals surface area (Å²) in [6.45, 7) is 1.03. The van der Waals surface area contributed by atoms with Gasteiger partial charge in [-0.3, -0.25) is 14.4 Å². The number of carbonyl (C=O) groups excluding carboxylic acids is 1. The maximum atomic E-state index is 15.2. The van der Waals surface area contributed by atoms with E-state index in [1.54, 1.807) is 42.6 Å². The lowest BCUT2D eigenvalue weighted by molar-refractivity contribution is -0.148. The first-order chi connectivity index (χ1) is 24.5. The molecule has 2 N–H and O–H groups in total. The number of alkyl halides is 3. The van der Waals surface area contributed by atoms with Gasteiger partial charge in [0.15, 0.2) is 5.82 Å². The molecule has 2 aromatic carbocycles. The molecule has 16 heteroatoms. The average Bonchev–Trinajstić information content (AvgIpc) is 3.44. The molecule has 0 saturated carbocycles. The van der Waals surface area contributed by atoms with Gasteiger partial charge >= 0.3 is 6.18 Å². The van der Waals surface area contributed by atoms with Crippen molar-refractivity contribution in [2.24, 2.45) is 0 Å². The highest BCUT2D eigenvalue weighted by Gasteiger charge is 2.33. The number of methoxy groups -OCH3 is 1. The van der Waals surface area contributed by atoms with Crippen LogP contribution in [0.25, 0.3) is 22.4 Å². The van der Waals surface area contributed by atoms with E-state index in [4.69, 9.17) is 19.6 Å². The molecule has 6 rings (SSSR count). The predicted octanol–water partition coefficient (Wildman–Crippen LogP) is 6.68. The van der Waals surface area contributed by atoms with Crippen LogP contribution in [-0.4, -0.2) is 81.7 Å². The minimum absolute atomic E-state index is 0.0368. The molecule has 1 aliphatic rings. The maximum absolute atomic E-state index is 15.2. The summed E-state index contributed by atoms with van der Waals surface area (Å²) in [5, 5.41) is 11.3. The zero-order valence-corrected chi connectivity index (χ0v) is 27.8. The molecule has 4 heterocycles. The number of hydrogen-bond acceptors (Lipinski definition) is 9. The maximum Gasteiger partial charge on any atom is 0.401 e. The van der Waals surface area contributed by atoms with Gasteiger partial charge in [-0.25, -0.2) is 23.7 Å². The number of carbonyl (C=O) groups is 1. The summed E-state index contributed by atoms with van der Waals surface area (Å²) in [4.78, 5) is 26.7. The van der Waals surface area contributed by atoms with Crippen molar-refractivity contribution in [3.8, 4) is 17.3 Å². The van der Waals surface area contributed by atoms with Crippen molar-refractivity contribution in [2.75, 3.05) is 50.6 Å². The van der Waals surface area contributed by atoms with Crippen LogP contribution in [0.1, 0.15) is 36.8 Å². The first-order valence-corrected chi connectivity index (χ1v) is 16.2. The smallest absolute Gasteiger partial charge is 0.401 e. The lowest BCUT2D eigenvalue weighted by atomic mass is 9.90. The fraction of sp³-hybridized carbons (Fsp3) is 0.343. The second-order valence-corrected chi connectivity index (χ2v) is 12.1. The van der Waals surface area contributed by atoms with Crippen LogP contribution in [0.5, 0.6) is 5.75 Å².